The minimum absolute atomic E-state index is 0.0183. The Labute approximate surface area is 228 Å². The van der Waals surface area contributed by atoms with E-state index >= 15 is 0 Å². The van der Waals surface area contributed by atoms with Crippen LogP contribution in [0.15, 0.2) is 65.0 Å². The van der Waals surface area contributed by atoms with Crippen LogP contribution in [0.3, 0.4) is 0 Å². The number of hydrogen-bond donors (Lipinski definition) is 2. The zero-order valence-electron chi connectivity index (χ0n) is 21.9. The number of esters is 1. The minimum atomic E-state index is -0.677. The predicted octanol–water partition coefficient (Wildman–Crippen LogP) is 6.68. The van der Waals surface area contributed by atoms with Gasteiger partial charge >= 0.3 is 5.97 Å². The molecule has 1 saturated carbocycles. The van der Waals surface area contributed by atoms with Crippen molar-refractivity contribution in [3.63, 3.8) is 0 Å². The van der Waals surface area contributed by atoms with Crippen LogP contribution in [-0.4, -0.2) is 29.6 Å². The Hall–Kier alpha value is -3.25. The van der Waals surface area contributed by atoms with Gasteiger partial charge in [-0.25, -0.2) is 4.79 Å². The average Bonchev–Trinajstić information content (AvgIpc) is 2.91. The standard InChI is InChI=1S/C31H34ClNO5/c1-3-37-26-17-21(14-23(32)30(26)35)28-27(31(36)38-22-12-8-5-9-13-22)18(2)33-24-15-20(16-25(34)29(24)28)19-10-6-4-7-11-19/h4,6-7,10-11,14,17,20,22,28,33,35H,3,5,8-9,12-13,15-16H2,1-2H3/t20-,28+/m0/s1. The number of aromatic hydroxyl groups is 1. The van der Waals surface area contributed by atoms with Gasteiger partial charge in [-0.3, -0.25) is 4.79 Å². The summed E-state index contributed by atoms with van der Waals surface area (Å²) in [6, 6.07) is 13.3. The number of carbonyl (C=O) groups excluding carboxylic acids is 2. The predicted molar refractivity (Wildman–Crippen MR) is 146 cm³/mol. The largest absolute Gasteiger partial charge is 0.503 e. The molecule has 2 N–H and O–H groups in total. The summed E-state index contributed by atoms with van der Waals surface area (Å²) in [6.45, 7) is 4.00. The molecule has 6 nitrogen and oxygen atoms in total. The van der Waals surface area contributed by atoms with Gasteiger partial charge in [-0.2, -0.15) is 0 Å². The number of hydrogen-bond acceptors (Lipinski definition) is 6. The second-order valence-electron chi connectivity index (χ2n) is 10.4. The van der Waals surface area contributed by atoms with Gasteiger partial charge < -0.3 is 19.9 Å². The van der Waals surface area contributed by atoms with Crippen LogP contribution >= 0.6 is 11.6 Å². The third-order valence-electron chi connectivity index (χ3n) is 7.83. The summed E-state index contributed by atoms with van der Waals surface area (Å²) in [5.41, 5.74) is 4.17. The molecule has 2 aromatic carbocycles. The van der Waals surface area contributed by atoms with Gasteiger partial charge in [-0.05, 0) is 75.1 Å². The van der Waals surface area contributed by atoms with Crippen LogP contribution < -0.4 is 10.1 Å². The van der Waals surface area contributed by atoms with Crippen molar-refractivity contribution in [2.24, 2.45) is 0 Å². The lowest BCUT2D eigenvalue weighted by atomic mass is 9.71. The van der Waals surface area contributed by atoms with E-state index in [-0.39, 0.29) is 34.3 Å². The smallest absolute Gasteiger partial charge is 0.337 e. The Morgan fingerprint density at radius 1 is 1.08 bits per heavy atom. The molecule has 2 aromatic rings. The Balaban J connectivity index is 1.59. The highest BCUT2D eigenvalue weighted by Gasteiger charge is 2.42. The first-order valence-electron chi connectivity index (χ1n) is 13.5. The Morgan fingerprint density at radius 3 is 2.53 bits per heavy atom. The molecule has 0 bridgehead atoms. The van der Waals surface area contributed by atoms with E-state index in [0.29, 0.717) is 41.9 Å². The maximum Gasteiger partial charge on any atom is 0.337 e. The van der Waals surface area contributed by atoms with Gasteiger partial charge in [-0.15, -0.1) is 0 Å². The quantitative estimate of drug-likeness (QED) is 0.401. The van der Waals surface area contributed by atoms with Gasteiger partial charge in [0.05, 0.1) is 17.2 Å². The molecule has 200 valence electrons. The van der Waals surface area contributed by atoms with Crippen LogP contribution in [0.25, 0.3) is 0 Å². The summed E-state index contributed by atoms with van der Waals surface area (Å²) >= 11 is 6.43. The number of rotatable bonds is 6. The number of benzene rings is 2. The highest BCUT2D eigenvalue weighted by atomic mass is 35.5. The van der Waals surface area contributed by atoms with E-state index in [1.165, 1.54) is 0 Å². The van der Waals surface area contributed by atoms with Crippen molar-refractivity contribution < 1.29 is 24.2 Å². The lowest BCUT2D eigenvalue weighted by Crippen LogP contribution is -2.37. The van der Waals surface area contributed by atoms with E-state index in [2.05, 4.69) is 5.32 Å². The van der Waals surface area contributed by atoms with Crippen LogP contribution in [0.4, 0.5) is 0 Å². The van der Waals surface area contributed by atoms with Crippen molar-refractivity contribution >= 4 is 23.4 Å². The van der Waals surface area contributed by atoms with Crippen molar-refractivity contribution in [2.45, 2.75) is 76.7 Å². The summed E-state index contributed by atoms with van der Waals surface area (Å²) in [4.78, 5) is 27.6. The second kappa shape index (κ2) is 11.2. The van der Waals surface area contributed by atoms with Gasteiger partial charge in [0.1, 0.15) is 6.10 Å². The number of phenolic OH excluding ortho intramolecular Hbond substituents is 1. The molecule has 1 heterocycles. The number of ketones is 1. The molecule has 7 heteroatoms. The Kier molecular flexibility index (Phi) is 7.80. The van der Waals surface area contributed by atoms with E-state index < -0.39 is 11.9 Å². The molecule has 0 radical (unpaired) electrons. The molecule has 3 aliphatic rings. The summed E-state index contributed by atoms with van der Waals surface area (Å²) in [5.74, 6) is -1.01. The number of Topliss-reactive ketones (excluding diaryl/α,β-unsaturated/α-hetero) is 1. The number of halogens is 1. The molecule has 0 spiro atoms. The minimum Gasteiger partial charge on any atom is -0.503 e. The van der Waals surface area contributed by atoms with E-state index in [9.17, 15) is 14.7 Å². The van der Waals surface area contributed by atoms with Gasteiger partial charge in [0.25, 0.3) is 0 Å². The van der Waals surface area contributed by atoms with Crippen molar-refractivity contribution in [1.82, 2.24) is 5.32 Å². The fourth-order valence-electron chi connectivity index (χ4n) is 6.03. The van der Waals surface area contributed by atoms with Crippen molar-refractivity contribution in [2.75, 3.05) is 6.61 Å². The Morgan fingerprint density at radius 2 is 1.82 bits per heavy atom. The summed E-state index contributed by atoms with van der Waals surface area (Å²) in [7, 11) is 0. The molecule has 1 fully saturated rings. The van der Waals surface area contributed by atoms with Gasteiger partial charge in [0.2, 0.25) is 0 Å². The Bertz CT molecular complexity index is 1290. The molecule has 0 amide bonds. The zero-order valence-corrected chi connectivity index (χ0v) is 22.6. The lowest BCUT2D eigenvalue weighted by molar-refractivity contribution is -0.146. The maximum atomic E-state index is 13.8. The molecule has 2 aliphatic carbocycles. The lowest BCUT2D eigenvalue weighted by Gasteiger charge is -2.37. The zero-order chi connectivity index (χ0) is 26.8. The number of ether oxygens (including phenoxy) is 2. The second-order valence-corrected chi connectivity index (χ2v) is 10.8. The summed E-state index contributed by atoms with van der Waals surface area (Å²) < 4.78 is 11.7. The third kappa shape index (κ3) is 5.19. The molecule has 2 atom stereocenters. The summed E-state index contributed by atoms with van der Waals surface area (Å²) in [5, 5.41) is 14.0. The maximum absolute atomic E-state index is 13.8. The monoisotopic (exact) mass is 535 g/mol. The van der Waals surface area contributed by atoms with Gasteiger partial charge in [-0.1, -0.05) is 48.4 Å². The van der Waals surface area contributed by atoms with Crippen LogP contribution in [-0.2, 0) is 14.3 Å². The van der Waals surface area contributed by atoms with E-state index in [0.717, 1.165) is 43.4 Å². The van der Waals surface area contributed by atoms with Gasteiger partial charge in [0.15, 0.2) is 17.3 Å². The molecule has 0 unspecified atom stereocenters. The van der Waals surface area contributed by atoms with E-state index in [4.69, 9.17) is 21.1 Å². The number of nitrogens with one attached hydrogen (secondary N) is 1. The number of dihydropyridines is 1. The third-order valence-corrected chi connectivity index (χ3v) is 8.12. The summed E-state index contributed by atoms with van der Waals surface area (Å²) in [6.07, 6.45) is 5.79. The number of carbonyl (C=O) groups is 2. The fraction of sp³-hybridized carbons (Fsp3) is 0.419. The first kappa shape index (κ1) is 26.4. The first-order chi connectivity index (χ1) is 18.4. The molecule has 38 heavy (non-hydrogen) atoms. The molecule has 5 rings (SSSR count). The van der Waals surface area contributed by atoms with Crippen molar-refractivity contribution in [3.05, 3.63) is 81.2 Å². The highest BCUT2D eigenvalue weighted by Crippen LogP contribution is 2.48. The van der Waals surface area contributed by atoms with Crippen LogP contribution in [0.2, 0.25) is 5.02 Å². The van der Waals surface area contributed by atoms with Crippen LogP contribution in [0.1, 0.15) is 81.8 Å². The van der Waals surface area contributed by atoms with Crippen molar-refractivity contribution in [3.8, 4) is 11.5 Å². The first-order valence-corrected chi connectivity index (χ1v) is 13.9. The number of phenols is 1. The molecular formula is C31H34ClNO5. The van der Waals surface area contributed by atoms with Crippen LogP contribution in [0.5, 0.6) is 11.5 Å². The molecule has 1 aliphatic heterocycles. The SMILES string of the molecule is CCOc1cc([C@@H]2C(C(=O)OC3CCCCC3)=C(C)NC3=C2C(=O)C[C@@H](c2ccccc2)C3)cc(Cl)c1O. The molecule has 0 saturated heterocycles. The molecular weight excluding hydrogens is 502 g/mol. The van der Waals surface area contributed by atoms with E-state index in [1.54, 1.807) is 12.1 Å². The topological polar surface area (TPSA) is 84.9 Å². The van der Waals surface area contributed by atoms with E-state index in [1.807, 2.05) is 44.2 Å². The highest BCUT2D eigenvalue weighted by molar-refractivity contribution is 6.32. The normalized spacial score (nSPS) is 22.1. The average molecular weight is 536 g/mol. The van der Waals surface area contributed by atoms with Gasteiger partial charge in [0, 0.05) is 29.3 Å². The van der Waals surface area contributed by atoms with Crippen LogP contribution in [0, 0.1) is 0 Å². The molecule has 0 aromatic heterocycles. The fourth-order valence-corrected chi connectivity index (χ4v) is 6.25. The number of allylic oxidation sites excluding steroid dienone is 3. The van der Waals surface area contributed by atoms with Crippen molar-refractivity contribution in [1.29, 1.82) is 0 Å².